The maximum absolute atomic E-state index is 11.8. The molecular formula is C12H22N2O4. The van der Waals surface area contributed by atoms with Gasteiger partial charge in [-0.3, -0.25) is 14.4 Å². The van der Waals surface area contributed by atoms with Crippen LogP contribution in [0.25, 0.3) is 0 Å². The normalized spacial score (nSPS) is 12.7. The van der Waals surface area contributed by atoms with Crippen molar-refractivity contribution in [2.24, 2.45) is 5.41 Å². The number of amides is 2. The van der Waals surface area contributed by atoms with Gasteiger partial charge in [-0.25, -0.2) is 0 Å². The number of likely N-dealkylation sites (N-methyl/N-ethyl adjacent to an activating group) is 1. The van der Waals surface area contributed by atoms with Gasteiger partial charge in [0.2, 0.25) is 11.8 Å². The molecule has 6 heteroatoms. The molecule has 0 heterocycles. The molecule has 0 saturated carbocycles. The van der Waals surface area contributed by atoms with Crippen molar-refractivity contribution in [2.75, 3.05) is 13.6 Å². The molecule has 0 aromatic carbocycles. The van der Waals surface area contributed by atoms with Gasteiger partial charge in [-0.2, -0.15) is 0 Å². The van der Waals surface area contributed by atoms with Gasteiger partial charge < -0.3 is 15.3 Å². The summed E-state index contributed by atoms with van der Waals surface area (Å²) >= 11 is 0. The highest BCUT2D eigenvalue weighted by atomic mass is 16.4. The quantitative estimate of drug-likeness (QED) is 0.750. The summed E-state index contributed by atoms with van der Waals surface area (Å²) in [4.78, 5) is 35.2. The number of carbonyl (C=O) groups excluding carboxylic acids is 2. The van der Waals surface area contributed by atoms with Crippen LogP contribution in [-0.4, -0.2) is 47.4 Å². The second-order valence-electron chi connectivity index (χ2n) is 5.35. The number of nitrogens with zero attached hydrogens (tertiary/aromatic N) is 1. The van der Waals surface area contributed by atoms with Crippen LogP contribution in [0.15, 0.2) is 0 Å². The summed E-state index contributed by atoms with van der Waals surface area (Å²) in [7, 11) is 1.52. The molecule has 0 aliphatic rings. The van der Waals surface area contributed by atoms with E-state index in [1.807, 2.05) is 0 Å². The fourth-order valence-electron chi connectivity index (χ4n) is 1.18. The standard InChI is InChI=1S/C12H22N2O4/c1-8(13-11(18)12(2,3)4)10(17)14(5)7-6-9(15)16/h8H,6-7H2,1-5H3,(H,13,18)(H,15,16). The Kier molecular flexibility index (Phi) is 5.81. The molecule has 18 heavy (non-hydrogen) atoms. The zero-order chi connectivity index (χ0) is 14.5. The number of aliphatic carboxylic acids is 1. The molecule has 2 amide bonds. The molecule has 0 aromatic rings. The monoisotopic (exact) mass is 258 g/mol. The van der Waals surface area contributed by atoms with Crippen molar-refractivity contribution in [2.45, 2.75) is 40.2 Å². The zero-order valence-electron chi connectivity index (χ0n) is 11.6. The Hall–Kier alpha value is -1.59. The second-order valence-corrected chi connectivity index (χ2v) is 5.35. The van der Waals surface area contributed by atoms with Gasteiger partial charge in [-0.15, -0.1) is 0 Å². The molecule has 0 spiro atoms. The SMILES string of the molecule is CC(NC(=O)C(C)(C)C)C(=O)N(C)CCC(=O)O. The molecule has 0 aromatic heterocycles. The van der Waals surface area contributed by atoms with E-state index in [0.29, 0.717) is 0 Å². The Morgan fingerprint density at radius 3 is 2.17 bits per heavy atom. The minimum atomic E-state index is -0.957. The van der Waals surface area contributed by atoms with Crippen molar-refractivity contribution < 1.29 is 19.5 Å². The Labute approximate surface area is 107 Å². The lowest BCUT2D eigenvalue weighted by Gasteiger charge is -2.25. The Morgan fingerprint density at radius 2 is 1.78 bits per heavy atom. The van der Waals surface area contributed by atoms with E-state index in [9.17, 15) is 14.4 Å². The summed E-state index contributed by atoms with van der Waals surface area (Å²) in [5, 5.41) is 11.1. The molecule has 2 N–H and O–H groups in total. The van der Waals surface area contributed by atoms with Crippen LogP contribution in [0.5, 0.6) is 0 Å². The molecular weight excluding hydrogens is 236 g/mol. The molecule has 0 fully saturated rings. The molecule has 6 nitrogen and oxygen atoms in total. The van der Waals surface area contributed by atoms with Crippen LogP contribution >= 0.6 is 0 Å². The highest BCUT2D eigenvalue weighted by molar-refractivity contribution is 5.89. The fourth-order valence-corrected chi connectivity index (χ4v) is 1.18. The van der Waals surface area contributed by atoms with Crippen molar-refractivity contribution in [1.29, 1.82) is 0 Å². The average molecular weight is 258 g/mol. The minimum absolute atomic E-state index is 0.109. The maximum atomic E-state index is 11.8. The van der Waals surface area contributed by atoms with Gasteiger partial charge in [-0.05, 0) is 6.92 Å². The van der Waals surface area contributed by atoms with E-state index in [4.69, 9.17) is 5.11 Å². The number of carbonyl (C=O) groups is 3. The zero-order valence-corrected chi connectivity index (χ0v) is 11.6. The Balaban J connectivity index is 4.34. The van der Waals surface area contributed by atoms with Gasteiger partial charge >= 0.3 is 5.97 Å². The van der Waals surface area contributed by atoms with Crippen LogP contribution in [0.2, 0.25) is 0 Å². The Morgan fingerprint density at radius 1 is 1.28 bits per heavy atom. The van der Waals surface area contributed by atoms with Crippen LogP contribution in [0, 0.1) is 5.41 Å². The van der Waals surface area contributed by atoms with Crippen molar-refractivity contribution >= 4 is 17.8 Å². The van der Waals surface area contributed by atoms with Gasteiger partial charge in [0, 0.05) is 19.0 Å². The summed E-state index contributed by atoms with van der Waals surface area (Å²) in [5.41, 5.74) is -0.561. The van der Waals surface area contributed by atoms with E-state index in [-0.39, 0.29) is 24.8 Å². The summed E-state index contributed by atoms with van der Waals surface area (Å²) in [5.74, 6) is -1.47. The van der Waals surface area contributed by atoms with Crippen LogP contribution in [0.4, 0.5) is 0 Å². The highest BCUT2D eigenvalue weighted by Crippen LogP contribution is 2.13. The first-order valence-corrected chi connectivity index (χ1v) is 5.83. The van der Waals surface area contributed by atoms with Gasteiger partial charge in [0.05, 0.1) is 6.42 Å². The van der Waals surface area contributed by atoms with Gasteiger partial charge in [0.25, 0.3) is 0 Å². The predicted molar refractivity (Wildman–Crippen MR) is 66.9 cm³/mol. The van der Waals surface area contributed by atoms with Gasteiger partial charge in [-0.1, -0.05) is 20.8 Å². The second kappa shape index (κ2) is 6.37. The molecule has 0 saturated heterocycles. The highest BCUT2D eigenvalue weighted by Gasteiger charge is 2.26. The van der Waals surface area contributed by atoms with E-state index in [0.717, 1.165) is 0 Å². The minimum Gasteiger partial charge on any atom is -0.481 e. The lowest BCUT2D eigenvalue weighted by Crippen LogP contribution is -2.49. The first kappa shape index (κ1) is 16.4. The number of hydrogen-bond donors (Lipinski definition) is 2. The molecule has 104 valence electrons. The first-order valence-electron chi connectivity index (χ1n) is 5.83. The van der Waals surface area contributed by atoms with E-state index >= 15 is 0 Å². The third-order valence-corrected chi connectivity index (χ3v) is 2.44. The van der Waals surface area contributed by atoms with Crippen molar-refractivity contribution in [3.05, 3.63) is 0 Å². The largest absolute Gasteiger partial charge is 0.481 e. The van der Waals surface area contributed by atoms with Crippen LogP contribution < -0.4 is 5.32 Å². The summed E-state index contributed by atoms with van der Waals surface area (Å²) in [6.45, 7) is 6.99. The van der Waals surface area contributed by atoms with Crippen LogP contribution in [-0.2, 0) is 14.4 Å². The number of hydrogen-bond acceptors (Lipinski definition) is 3. The third kappa shape index (κ3) is 5.65. The molecule has 1 unspecified atom stereocenters. The number of carboxylic acid groups (broad SMARTS) is 1. The van der Waals surface area contributed by atoms with Crippen molar-refractivity contribution in [1.82, 2.24) is 10.2 Å². The topological polar surface area (TPSA) is 86.7 Å². The molecule has 0 aliphatic heterocycles. The summed E-state index contributed by atoms with van der Waals surface area (Å²) in [6.07, 6.45) is -0.109. The van der Waals surface area contributed by atoms with Gasteiger partial charge in [0.1, 0.15) is 6.04 Å². The number of rotatable bonds is 5. The Bertz CT molecular complexity index is 333. The first-order chi connectivity index (χ1) is 8.05. The smallest absolute Gasteiger partial charge is 0.305 e. The van der Waals surface area contributed by atoms with Crippen LogP contribution in [0.3, 0.4) is 0 Å². The summed E-state index contributed by atoms with van der Waals surface area (Å²) in [6, 6.07) is -0.657. The molecule has 0 rings (SSSR count). The van der Waals surface area contributed by atoms with E-state index in [1.54, 1.807) is 27.7 Å². The van der Waals surface area contributed by atoms with Crippen LogP contribution in [0.1, 0.15) is 34.1 Å². The molecule has 0 bridgehead atoms. The molecule has 0 aliphatic carbocycles. The third-order valence-electron chi connectivity index (χ3n) is 2.44. The maximum Gasteiger partial charge on any atom is 0.305 e. The number of carboxylic acids is 1. The van der Waals surface area contributed by atoms with Crippen molar-refractivity contribution in [3.8, 4) is 0 Å². The van der Waals surface area contributed by atoms with Gasteiger partial charge in [0.15, 0.2) is 0 Å². The van der Waals surface area contributed by atoms with E-state index in [1.165, 1.54) is 11.9 Å². The molecule has 0 radical (unpaired) electrons. The average Bonchev–Trinajstić information content (AvgIpc) is 2.23. The number of nitrogens with one attached hydrogen (secondary N) is 1. The fraction of sp³-hybridized carbons (Fsp3) is 0.750. The van der Waals surface area contributed by atoms with E-state index in [2.05, 4.69) is 5.32 Å². The predicted octanol–water partition coefficient (Wildman–Crippen LogP) is 0.470. The molecule has 1 atom stereocenters. The summed E-state index contributed by atoms with van der Waals surface area (Å²) < 4.78 is 0. The lowest BCUT2D eigenvalue weighted by molar-refractivity contribution is -0.140. The van der Waals surface area contributed by atoms with E-state index < -0.39 is 17.4 Å². The lowest BCUT2D eigenvalue weighted by atomic mass is 9.95. The van der Waals surface area contributed by atoms with Crippen molar-refractivity contribution in [3.63, 3.8) is 0 Å².